The average Bonchev–Trinajstić information content (AvgIpc) is 2.49. The Hall–Kier alpha value is -1.55. The standard InChI is InChI=1S/C17H26N2O2/c1-4-18(5-2)17(20)19-12-14(3)21-16(13-19)11-15-9-7-6-8-10-15/h6-10,14,16H,4-5,11-13H2,1-3H3. The summed E-state index contributed by atoms with van der Waals surface area (Å²) in [5.74, 6) is 0. The van der Waals surface area contributed by atoms with Crippen molar-refractivity contribution in [2.24, 2.45) is 0 Å². The minimum absolute atomic E-state index is 0.0793. The Labute approximate surface area is 127 Å². The second kappa shape index (κ2) is 7.46. The summed E-state index contributed by atoms with van der Waals surface area (Å²) in [6.45, 7) is 8.95. The van der Waals surface area contributed by atoms with Crippen LogP contribution in [-0.4, -0.2) is 54.2 Å². The largest absolute Gasteiger partial charge is 0.371 e. The summed E-state index contributed by atoms with van der Waals surface area (Å²) in [7, 11) is 0. The number of morpholine rings is 1. The van der Waals surface area contributed by atoms with E-state index in [4.69, 9.17) is 4.74 Å². The molecule has 0 spiro atoms. The number of hydrogen-bond donors (Lipinski definition) is 0. The molecule has 21 heavy (non-hydrogen) atoms. The van der Waals surface area contributed by atoms with Gasteiger partial charge in [-0.3, -0.25) is 0 Å². The summed E-state index contributed by atoms with van der Waals surface area (Å²) >= 11 is 0. The minimum Gasteiger partial charge on any atom is -0.371 e. The highest BCUT2D eigenvalue weighted by Gasteiger charge is 2.30. The van der Waals surface area contributed by atoms with Gasteiger partial charge in [0.1, 0.15) is 0 Å². The molecule has 0 aromatic heterocycles. The quantitative estimate of drug-likeness (QED) is 0.854. The molecule has 2 atom stereocenters. The molecule has 1 aliphatic rings. The summed E-state index contributed by atoms with van der Waals surface area (Å²) in [5.41, 5.74) is 1.26. The van der Waals surface area contributed by atoms with E-state index in [0.717, 1.165) is 19.5 Å². The first-order valence-corrected chi connectivity index (χ1v) is 7.87. The normalized spacial score (nSPS) is 22.1. The van der Waals surface area contributed by atoms with Gasteiger partial charge < -0.3 is 14.5 Å². The smallest absolute Gasteiger partial charge is 0.320 e. The molecule has 0 bridgehead atoms. The number of ether oxygens (including phenoxy) is 1. The molecule has 0 aliphatic carbocycles. The molecule has 0 radical (unpaired) electrons. The molecule has 2 rings (SSSR count). The van der Waals surface area contributed by atoms with E-state index in [1.807, 2.05) is 48.8 Å². The number of benzene rings is 1. The van der Waals surface area contributed by atoms with Crippen LogP contribution in [0, 0.1) is 0 Å². The van der Waals surface area contributed by atoms with Crippen LogP contribution in [0.15, 0.2) is 30.3 Å². The predicted octanol–water partition coefficient (Wildman–Crippen LogP) is 2.78. The Morgan fingerprint density at radius 2 is 1.90 bits per heavy atom. The van der Waals surface area contributed by atoms with Crippen molar-refractivity contribution in [3.05, 3.63) is 35.9 Å². The number of hydrogen-bond acceptors (Lipinski definition) is 2. The molecule has 0 saturated carbocycles. The van der Waals surface area contributed by atoms with Crippen molar-refractivity contribution < 1.29 is 9.53 Å². The maximum absolute atomic E-state index is 12.5. The van der Waals surface area contributed by atoms with E-state index in [0.29, 0.717) is 13.1 Å². The van der Waals surface area contributed by atoms with Crippen molar-refractivity contribution in [1.29, 1.82) is 0 Å². The van der Waals surface area contributed by atoms with Crippen LogP contribution >= 0.6 is 0 Å². The predicted molar refractivity (Wildman–Crippen MR) is 84.4 cm³/mol. The van der Waals surface area contributed by atoms with Crippen LogP contribution in [-0.2, 0) is 11.2 Å². The Balaban J connectivity index is 2.00. The third-order valence-corrected chi connectivity index (χ3v) is 3.94. The fourth-order valence-corrected chi connectivity index (χ4v) is 2.89. The lowest BCUT2D eigenvalue weighted by molar-refractivity contribution is -0.0660. The van der Waals surface area contributed by atoms with Crippen LogP contribution in [0.25, 0.3) is 0 Å². The first-order chi connectivity index (χ1) is 10.1. The van der Waals surface area contributed by atoms with E-state index in [1.54, 1.807) is 0 Å². The van der Waals surface area contributed by atoms with Crippen molar-refractivity contribution in [3.63, 3.8) is 0 Å². The van der Waals surface area contributed by atoms with Gasteiger partial charge in [0.15, 0.2) is 0 Å². The molecule has 116 valence electrons. The number of urea groups is 1. The molecular weight excluding hydrogens is 264 g/mol. The molecule has 1 heterocycles. The van der Waals surface area contributed by atoms with Crippen molar-refractivity contribution >= 4 is 6.03 Å². The second-order valence-corrected chi connectivity index (χ2v) is 5.62. The van der Waals surface area contributed by atoms with E-state index in [1.165, 1.54) is 5.56 Å². The molecule has 2 amide bonds. The van der Waals surface area contributed by atoms with Gasteiger partial charge in [-0.1, -0.05) is 30.3 Å². The number of rotatable bonds is 4. The Morgan fingerprint density at radius 3 is 2.52 bits per heavy atom. The number of carbonyl (C=O) groups is 1. The van der Waals surface area contributed by atoms with Gasteiger partial charge in [0, 0.05) is 32.6 Å². The van der Waals surface area contributed by atoms with Crippen molar-refractivity contribution in [3.8, 4) is 0 Å². The van der Waals surface area contributed by atoms with E-state index in [-0.39, 0.29) is 18.2 Å². The van der Waals surface area contributed by atoms with Crippen LogP contribution in [0.3, 0.4) is 0 Å². The van der Waals surface area contributed by atoms with Crippen molar-refractivity contribution in [1.82, 2.24) is 9.80 Å². The second-order valence-electron chi connectivity index (χ2n) is 5.62. The molecule has 0 N–H and O–H groups in total. The highest BCUT2D eigenvalue weighted by atomic mass is 16.5. The van der Waals surface area contributed by atoms with Gasteiger partial charge in [0.2, 0.25) is 0 Å². The minimum atomic E-state index is 0.0793. The van der Waals surface area contributed by atoms with E-state index in [9.17, 15) is 4.79 Å². The third-order valence-electron chi connectivity index (χ3n) is 3.94. The lowest BCUT2D eigenvalue weighted by atomic mass is 10.1. The molecule has 2 unspecified atom stereocenters. The van der Waals surface area contributed by atoms with Crippen LogP contribution in [0.2, 0.25) is 0 Å². The lowest BCUT2D eigenvalue weighted by Gasteiger charge is -2.39. The highest BCUT2D eigenvalue weighted by molar-refractivity contribution is 5.74. The summed E-state index contributed by atoms with van der Waals surface area (Å²) in [4.78, 5) is 16.3. The Morgan fingerprint density at radius 1 is 1.24 bits per heavy atom. The monoisotopic (exact) mass is 290 g/mol. The number of amides is 2. The summed E-state index contributed by atoms with van der Waals surface area (Å²) in [6.07, 6.45) is 1.02. The first kappa shape index (κ1) is 15.8. The molecular formula is C17H26N2O2. The van der Waals surface area contributed by atoms with E-state index in [2.05, 4.69) is 12.1 Å². The van der Waals surface area contributed by atoms with Gasteiger partial charge in [-0.25, -0.2) is 4.79 Å². The summed E-state index contributed by atoms with van der Waals surface area (Å²) in [5, 5.41) is 0. The first-order valence-electron chi connectivity index (χ1n) is 7.87. The zero-order valence-electron chi connectivity index (χ0n) is 13.3. The van der Waals surface area contributed by atoms with Crippen LogP contribution in [0.5, 0.6) is 0 Å². The van der Waals surface area contributed by atoms with Crippen LogP contribution in [0.4, 0.5) is 4.79 Å². The Kier molecular flexibility index (Phi) is 5.62. The molecule has 1 aromatic rings. The van der Waals surface area contributed by atoms with Gasteiger partial charge in [-0.05, 0) is 26.3 Å². The fourth-order valence-electron chi connectivity index (χ4n) is 2.89. The van der Waals surface area contributed by atoms with E-state index < -0.39 is 0 Å². The SMILES string of the molecule is CCN(CC)C(=O)N1CC(C)OC(Cc2ccccc2)C1. The summed E-state index contributed by atoms with van der Waals surface area (Å²) in [6, 6.07) is 10.5. The Bertz CT molecular complexity index is 445. The molecule has 4 heteroatoms. The van der Waals surface area contributed by atoms with Crippen molar-refractivity contribution in [2.75, 3.05) is 26.2 Å². The zero-order valence-corrected chi connectivity index (χ0v) is 13.3. The molecule has 1 aliphatic heterocycles. The zero-order chi connectivity index (χ0) is 15.2. The van der Waals surface area contributed by atoms with E-state index >= 15 is 0 Å². The highest BCUT2D eigenvalue weighted by Crippen LogP contribution is 2.17. The third kappa shape index (κ3) is 4.21. The van der Waals surface area contributed by atoms with Gasteiger partial charge >= 0.3 is 6.03 Å². The number of nitrogens with zero attached hydrogens (tertiary/aromatic N) is 2. The van der Waals surface area contributed by atoms with Gasteiger partial charge in [-0.15, -0.1) is 0 Å². The van der Waals surface area contributed by atoms with Gasteiger partial charge in [0.25, 0.3) is 0 Å². The van der Waals surface area contributed by atoms with Gasteiger partial charge in [0.05, 0.1) is 12.2 Å². The molecule has 1 aromatic carbocycles. The molecule has 1 fully saturated rings. The van der Waals surface area contributed by atoms with Crippen molar-refractivity contribution in [2.45, 2.75) is 39.4 Å². The topological polar surface area (TPSA) is 32.8 Å². The molecule has 1 saturated heterocycles. The number of carbonyl (C=O) groups excluding carboxylic acids is 1. The van der Waals surface area contributed by atoms with Gasteiger partial charge in [-0.2, -0.15) is 0 Å². The maximum Gasteiger partial charge on any atom is 0.320 e. The fraction of sp³-hybridized carbons (Fsp3) is 0.588. The lowest BCUT2D eigenvalue weighted by Crippen LogP contribution is -2.53. The maximum atomic E-state index is 12.5. The summed E-state index contributed by atoms with van der Waals surface area (Å²) < 4.78 is 6.01. The average molecular weight is 290 g/mol. The molecule has 4 nitrogen and oxygen atoms in total. The van der Waals surface area contributed by atoms with Crippen LogP contribution in [0.1, 0.15) is 26.3 Å². The van der Waals surface area contributed by atoms with Crippen LogP contribution < -0.4 is 0 Å².